The van der Waals surface area contributed by atoms with Crippen molar-refractivity contribution in [3.05, 3.63) is 19.6 Å². The number of thioether (sulfide) groups is 4. The van der Waals surface area contributed by atoms with Gasteiger partial charge in [-0.3, -0.25) is 19.2 Å². The fourth-order valence-electron chi connectivity index (χ4n) is 9.68. The number of hydrazine groups is 1. The van der Waals surface area contributed by atoms with Crippen molar-refractivity contribution in [3.63, 3.8) is 0 Å². The average Bonchev–Trinajstić information content (AvgIpc) is 3.98. The second kappa shape index (κ2) is 28.0. The fourth-order valence-corrected chi connectivity index (χ4v) is 15.1. The lowest BCUT2D eigenvalue weighted by Crippen LogP contribution is -2.45. The fraction of sp³-hybridized carbons (Fsp3) is 0.714. The van der Waals surface area contributed by atoms with E-state index in [9.17, 15) is 29.2 Å². The summed E-state index contributed by atoms with van der Waals surface area (Å²) in [7, 11) is 0. The first-order valence-corrected chi connectivity index (χ1v) is 29.9. The minimum atomic E-state index is -0.745. The van der Waals surface area contributed by atoms with Crippen LogP contribution in [-0.4, -0.2) is 59.4 Å². The van der Waals surface area contributed by atoms with E-state index in [2.05, 4.69) is 89.2 Å². The van der Waals surface area contributed by atoms with E-state index in [-0.39, 0.29) is 94.3 Å². The summed E-state index contributed by atoms with van der Waals surface area (Å²) in [6.07, 6.45) is 13.3. The molecule has 3 aliphatic rings. The van der Waals surface area contributed by atoms with E-state index >= 15 is 0 Å². The van der Waals surface area contributed by atoms with Crippen molar-refractivity contribution in [2.75, 3.05) is 19.7 Å². The molecule has 0 N–H and O–H groups in total. The molecule has 5 atom stereocenters. The number of carbonyl (C=O) groups excluding carboxylic acids is 5. The predicted octanol–water partition coefficient (Wildman–Crippen LogP) is 15.5. The molecule has 4 rings (SSSR count). The van der Waals surface area contributed by atoms with Gasteiger partial charge in [0.15, 0.2) is 17.1 Å². The Morgan fingerprint density at radius 2 is 0.986 bits per heavy atom. The Balaban J connectivity index is 1.94. The van der Waals surface area contributed by atoms with Crippen LogP contribution in [0.25, 0.3) is 0 Å². The number of unbranched alkanes of at least 4 members (excludes halogenated alkanes) is 3. The van der Waals surface area contributed by atoms with Crippen molar-refractivity contribution in [2.24, 2.45) is 40.4 Å². The van der Waals surface area contributed by atoms with Crippen molar-refractivity contribution in [2.45, 2.75) is 219 Å². The van der Waals surface area contributed by atoms with Crippen LogP contribution in [0.5, 0.6) is 11.5 Å². The molecule has 15 heteroatoms. The zero-order valence-corrected chi connectivity index (χ0v) is 48.8. The Hall–Kier alpha value is -3.06. The number of hydrogen-bond acceptors (Lipinski definition) is 13. The largest absolute Gasteiger partial charge is 0.461 e. The van der Waals surface area contributed by atoms with Gasteiger partial charge in [0.05, 0.1) is 34.7 Å². The molecule has 1 aromatic carbocycles. The number of nitrogens with zero attached hydrogens (tertiary/aromatic N) is 3. The van der Waals surface area contributed by atoms with Crippen LogP contribution in [0.15, 0.2) is 39.2 Å². The smallest absolute Gasteiger partial charge is 0.350 e. The highest BCUT2D eigenvalue weighted by Crippen LogP contribution is 2.69. The maximum Gasteiger partial charge on any atom is 0.350 e. The average molecular weight is 1060 g/mol. The van der Waals surface area contributed by atoms with E-state index < -0.39 is 17.9 Å². The van der Waals surface area contributed by atoms with Gasteiger partial charge < -0.3 is 14.2 Å². The van der Waals surface area contributed by atoms with E-state index in [1.807, 2.05) is 13.8 Å². The van der Waals surface area contributed by atoms with Crippen LogP contribution in [0.1, 0.15) is 200 Å². The van der Waals surface area contributed by atoms with Crippen LogP contribution in [0.4, 0.5) is 0 Å². The van der Waals surface area contributed by atoms with Gasteiger partial charge in [-0.25, -0.2) is 14.8 Å². The predicted molar refractivity (Wildman–Crippen MR) is 291 cm³/mol. The molecule has 71 heavy (non-hydrogen) atoms. The van der Waals surface area contributed by atoms with Gasteiger partial charge in [-0.05, 0) is 72.5 Å². The summed E-state index contributed by atoms with van der Waals surface area (Å²) in [5.74, 6) is -1.50. The zero-order chi connectivity index (χ0) is 52.8. The molecule has 396 valence electrons. The summed E-state index contributed by atoms with van der Waals surface area (Å²) in [5.41, 5.74) is -0.197. The first kappa shape index (κ1) is 60.5. The molecule has 3 aliphatic heterocycles. The van der Waals surface area contributed by atoms with Gasteiger partial charge in [0.1, 0.15) is 11.6 Å². The number of fused-ring (bicyclic) bond motifs is 2. The molecule has 1 fully saturated rings. The summed E-state index contributed by atoms with van der Waals surface area (Å²) < 4.78 is 19.4. The van der Waals surface area contributed by atoms with Crippen LogP contribution in [-0.2, 0) is 28.7 Å². The number of amides is 2. The topological polar surface area (TPSA) is 143 Å². The van der Waals surface area contributed by atoms with Crippen molar-refractivity contribution < 1.29 is 38.2 Å². The highest BCUT2D eigenvalue weighted by Gasteiger charge is 2.48. The van der Waals surface area contributed by atoms with E-state index in [4.69, 9.17) is 14.2 Å². The van der Waals surface area contributed by atoms with Gasteiger partial charge in [0, 0.05) is 25.9 Å². The van der Waals surface area contributed by atoms with Gasteiger partial charge in [-0.15, -0.1) is 0 Å². The summed E-state index contributed by atoms with van der Waals surface area (Å²) >= 11 is 4.56. The SMILES string of the molecule is CCCCC(CC)COC(=O)C(C#N)=C1Sc2c(OC(=O)CC(C)CC(C)(C)C)c3c(c(OC(=O)CC(C)CC(C)(C)C)c2S1)SC(=C1C(=O)N(CC(CC)CCCC)N(CC(CC)CCCC)C1=O)S3. The van der Waals surface area contributed by atoms with Crippen molar-refractivity contribution >= 4 is 76.8 Å². The van der Waals surface area contributed by atoms with Crippen LogP contribution in [0.3, 0.4) is 0 Å². The quantitative estimate of drug-likeness (QED) is 0.0271. The van der Waals surface area contributed by atoms with Crippen LogP contribution in [0, 0.1) is 51.8 Å². The minimum absolute atomic E-state index is 0.0143. The molecule has 0 aromatic heterocycles. The normalized spacial score (nSPS) is 16.9. The summed E-state index contributed by atoms with van der Waals surface area (Å²) in [6.45, 7) is 30.6. The monoisotopic (exact) mass is 1060 g/mol. The molecule has 2 amide bonds. The van der Waals surface area contributed by atoms with E-state index in [1.165, 1.54) is 23.5 Å². The molecule has 3 heterocycles. The standard InChI is InChI=1S/C56H85N3O8S4/c1-15-21-24-37(18-4)32-58-50(62)43(51(63)59(58)33-38(19-5)25-22-16-2)54-70-48-44(66-41(60)27-35(7)29-55(9,10)11)46-47(45(49(48)71-54)67-42(61)28-36(8)30-56(12,13)14)69-53(68-46)40(31-57)52(64)65-34-39(20-6)26-23-17-3/h35-39H,15-30,32-34H2,1-14H3. The number of ether oxygens (including phenoxy) is 3. The highest BCUT2D eigenvalue weighted by atomic mass is 32.2. The number of esters is 3. The lowest BCUT2D eigenvalue weighted by molar-refractivity contribution is -0.149. The Morgan fingerprint density at radius 3 is 1.34 bits per heavy atom. The molecule has 1 saturated heterocycles. The third kappa shape index (κ3) is 17.2. The van der Waals surface area contributed by atoms with Gasteiger partial charge in [-0.2, -0.15) is 5.26 Å². The van der Waals surface area contributed by atoms with E-state index in [0.717, 1.165) is 113 Å². The maximum absolute atomic E-state index is 15.0. The molecule has 1 aromatic rings. The second-order valence-corrected chi connectivity index (χ2v) is 27.1. The van der Waals surface area contributed by atoms with Crippen molar-refractivity contribution in [1.82, 2.24) is 10.0 Å². The van der Waals surface area contributed by atoms with Gasteiger partial charge >= 0.3 is 17.9 Å². The zero-order valence-electron chi connectivity index (χ0n) is 45.6. The highest BCUT2D eigenvalue weighted by molar-refractivity contribution is 8.26. The lowest BCUT2D eigenvalue weighted by atomic mass is 9.84. The van der Waals surface area contributed by atoms with Crippen molar-refractivity contribution in [1.29, 1.82) is 5.26 Å². The van der Waals surface area contributed by atoms with Crippen molar-refractivity contribution in [3.8, 4) is 17.6 Å². The number of carbonyl (C=O) groups is 5. The Labute approximate surface area is 444 Å². The van der Waals surface area contributed by atoms with E-state index in [0.29, 0.717) is 41.1 Å². The molecule has 11 nitrogen and oxygen atoms in total. The first-order valence-electron chi connectivity index (χ1n) is 26.6. The number of rotatable bonds is 27. The lowest BCUT2D eigenvalue weighted by Gasteiger charge is -2.33. The molecule has 0 spiro atoms. The van der Waals surface area contributed by atoms with Crippen LogP contribution in [0.2, 0.25) is 0 Å². The molecule has 5 unspecified atom stereocenters. The Kier molecular flexibility index (Phi) is 23.9. The third-order valence-corrected chi connectivity index (χ3v) is 18.4. The summed E-state index contributed by atoms with van der Waals surface area (Å²) in [6, 6.07) is 2.10. The van der Waals surface area contributed by atoms with Gasteiger partial charge in [-0.1, -0.05) is 202 Å². The Bertz CT molecular complexity index is 2050. The molecule has 0 saturated carbocycles. The molecule has 0 radical (unpaired) electrons. The van der Waals surface area contributed by atoms with Gasteiger partial charge in [0.2, 0.25) is 0 Å². The molecular weight excluding hydrogens is 971 g/mol. The summed E-state index contributed by atoms with van der Waals surface area (Å²) in [4.78, 5) is 73.8. The minimum Gasteiger partial charge on any atom is -0.461 e. The van der Waals surface area contributed by atoms with Gasteiger partial charge in [0.25, 0.3) is 11.8 Å². The van der Waals surface area contributed by atoms with Crippen LogP contribution < -0.4 is 9.47 Å². The maximum atomic E-state index is 15.0. The summed E-state index contributed by atoms with van der Waals surface area (Å²) in [5, 5.41) is 13.9. The number of benzene rings is 1. The Morgan fingerprint density at radius 1 is 0.606 bits per heavy atom. The number of hydrogen-bond donors (Lipinski definition) is 0. The molecule has 0 aliphatic carbocycles. The number of nitriles is 1. The second-order valence-electron chi connectivity index (χ2n) is 22.5. The third-order valence-electron chi connectivity index (χ3n) is 13.3. The molecular formula is C56H85N3O8S4. The first-order chi connectivity index (χ1) is 33.5. The van der Waals surface area contributed by atoms with Crippen LogP contribution >= 0.6 is 47.0 Å². The molecule has 0 bridgehead atoms. The van der Waals surface area contributed by atoms with E-state index in [1.54, 1.807) is 10.0 Å².